The number of piperazine rings is 1. The number of nitrogens with zero attached hydrogens (tertiary/aromatic N) is 4. The second-order valence-electron chi connectivity index (χ2n) is 8.77. The Hall–Kier alpha value is -4.15. The number of amides is 2. The molecule has 1 fully saturated rings. The molecule has 11 heteroatoms. The predicted molar refractivity (Wildman–Crippen MR) is 150 cm³/mol. The number of halogens is 1. The molecule has 1 aliphatic heterocycles. The zero-order chi connectivity index (χ0) is 27.2. The van der Waals surface area contributed by atoms with E-state index in [1.165, 1.54) is 0 Å². The van der Waals surface area contributed by atoms with Crippen LogP contribution in [0.1, 0.15) is 23.1 Å². The van der Waals surface area contributed by atoms with E-state index in [4.69, 9.17) is 22.1 Å². The van der Waals surface area contributed by atoms with E-state index in [-0.39, 0.29) is 28.2 Å². The molecule has 0 bridgehead atoms. The lowest BCUT2D eigenvalue weighted by Gasteiger charge is -2.34. The van der Waals surface area contributed by atoms with Gasteiger partial charge in [0, 0.05) is 37.6 Å². The summed E-state index contributed by atoms with van der Waals surface area (Å²) < 4.78 is 6.02. The zero-order valence-corrected chi connectivity index (χ0v) is 22.1. The Balaban J connectivity index is 1.61. The quantitative estimate of drug-likeness (QED) is 0.348. The summed E-state index contributed by atoms with van der Waals surface area (Å²) in [7, 11) is 2.12. The van der Waals surface area contributed by atoms with Gasteiger partial charge in [-0.3, -0.25) is 9.59 Å². The van der Waals surface area contributed by atoms with Crippen LogP contribution in [0.4, 0.5) is 22.9 Å². The second kappa shape index (κ2) is 11.9. The molecule has 4 rings (SSSR count). The molecular weight excluding hydrogens is 506 g/mol. The summed E-state index contributed by atoms with van der Waals surface area (Å²) >= 11 is 6.47. The number of benzene rings is 2. The molecule has 198 valence electrons. The first-order valence-corrected chi connectivity index (χ1v) is 12.6. The summed E-state index contributed by atoms with van der Waals surface area (Å²) in [5, 5.41) is 5.95. The van der Waals surface area contributed by atoms with Crippen LogP contribution in [0.25, 0.3) is 0 Å². The molecule has 0 unspecified atom stereocenters. The lowest BCUT2D eigenvalue weighted by atomic mass is 10.2. The third kappa shape index (κ3) is 6.21. The van der Waals surface area contributed by atoms with Gasteiger partial charge in [0.25, 0.3) is 5.91 Å². The maximum absolute atomic E-state index is 12.2. The van der Waals surface area contributed by atoms with Crippen molar-refractivity contribution in [2.24, 2.45) is 5.73 Å². The van der Waals surface area contributed by atoms with Crippen molar-refractivity contribution in [1.29, 1.82) is 0 Å². The first-order chi connectivity index (χ1) is 18.3. The summed E-state index contributed by atoms with van der Waals surface area (Å²) in [5.74, 6) is -0.559. The van der Waals surface area contributed by atoms with Crippen LogP contribution in [0.5, 0.6) is 11.6 Å². The Morgan fingerprint density at radius 2 is 1.84 bits per heavy atom. The lowest BCUT2D eigenvalue weighted by Crippen LogP contribution is -2.44. The number of aromatic nitrogens is 2. The van der Waals surface area contributed by atoms with Crippen LogP contribution in [0.3, 0.4) is 0 Å². The Bertz CT molecular complexity index is 1340. The highest BCUT2D eigenvalue weighted by Gasteiger charge is 2.20. The average Bonchev–Trinajstić information content (AvgIpc) is 2.91. The van der Waals surface area contributed by atoms with E-state index in [2.05, 4.69) is 44.0 Å². The second-order valence-corrected chi connectivity index (χ2v) is 9.14. The number of carbonyl (C=O) groups is 2. The van der Waals surface area contributed by atoms with Gasteiger partial charge in [-0.25, -0.2) is 4.98 Å². The van der Waals surface area contributed by atoms with Crippen molar-refractivity contribution >= 4 is 46.3 Å². The predicted octanol–water partition coefficient (Wildman–Crippen LogP) is 4.20. The fourth-order valence-corrected chi connectivity index (χ4v) is 4.17. The monoisotopic (exact) mass is 535 g/mol. The minimum absolute atomic E-state index is 0.00422. The smallest absolute Gasteiger partial charge is 0.271 e. The molecule has 3 aromatic rings. The van der Waals surface area contributed by atoms with Crippen LogP contribution in [0.2, 0.25) is 5.02 Å². The van der Waals surface area contributed by atoms with Crippen molar-refractivity contribution in [3.05, 3.63) is 71.5 Å². The Morgan fingerprint density at radius 1 is 1.13 bits per heavy atom. The maximum atomic E-state index is 12.2. The summed E-state index contributed by atoms with van der Waals surface area (Å²) in [4.78, 5) is 37.6. The van der Waals surface area contributed by atoms with Gasteiger partial charge < -0.3 is 30.9 Å². The van der Waals surface area contributed by atoms with Crippen LogP contribution < -0.4 is 26.0 Å². The van der Waals surface area contributed by atoms with Gasteiger partial charge in [-0.15, -0.1) is 0 Å². The molecule has 38 heavy (non-hydrogen) atoms. The Morgan fingerprint density at radius 3 is 2.47 bits per heavy atom. The standard InChI is InChI=1S/C27H30ClN7O3/c1-4-19-27(38-21-8-6-7-20(23(21)28)31-22(36)5-2)33-26(24(32-19)25(29)37)30-17-9-11-18(12-10-17)35-15-13-34(3)14-16-35/h5-12H,2,4,13-16H2,1,3H3,(H2,29,37)(H,30,33)(H,31,36). The number of hydrogen-bond acceptors (Lipinski definition) is 8. The highest BCUT2D eigenvalue weighted by Crippen LogP contribution is 2.36. The van der Waals surface area contributed by atoms with Crippen LogP contribution >= 0.6 is 11.6 Å². The number of aryl methyl sites for hydroxylation is 1. The number of rotatable bonds is 9. The van der Waals surface area contributed by atoms with E-state index < -0.39 is 11.8 Å². The van der Waals surface area contributed by atoms with Gasteiger partial charge in [0.1, 0.15) is 16.5 Å². The topological polar surface area (TPSA) is 126 Å². The minimum atomic E-state index is -0.720. The van der Waals surface area contributed by atoms with Gasteiger partial charge in [0.15, 0.2) is 11.5 Å². The van der Waals surface area contributed by atoms with Crippen molar-refractivity contribution < 1.29 is 14.3 Å². The molecule has 1 saturated heterocycles. The van der Waals surface area contributed by atoms with Crippen molar-refractivity contribution in [3.63, 3.8) is 0 Å². The maximum Gasteiger partial charge on any atom is 0.271 e. The summed E-state index contributed by atoms with van der Waals surface area (Å²) in [6.07, 6.45) is 1.57. The fraction of sp³-hybridized carbons (Fsp3) is 0.259. The minimum Gasteiger partial charge on any atom is -0.436 e. The van der Waals surface area contributed by atoms with Crippen molar-refractivity contribution in [1.82, 2.24) is 14.9 Å². The van der Waals surface area contributed by atoms with E-state index >= 15 is 0 Å². The summed E-state index contributed by atoms with van der Waals surface area (Å²) in [6.45, 7) is 9.24. The van der Waals surface area contributed by atoms with Crippen LogP contribution in [-0.2, 0) is 11.2 Å². The largest absolute Gasteiger partial charge is 0.436 e. The SMILES string of the molecule is C=CC(=O)Nc1cccc(Oc2nc(Nc3ccc(N4CCN(C)CC4)cc3)c(C(N)=O)nc2CC)c1Cl. The Labute approximate surface area is 226 Å². The van der Waals surface area contributed by atoms with Gasteiger partial charge in [-0.2, -0.15) is 4.98 Å². The highest BCUT2D eigenvalue weighted by molar-refractivity contribution is 6.35. The summed E-state index contributed by atoms with van der Waals surface area (Å²) in [5.41, 5.74) is 8.23. The molecule has 0 spiro atoms. The number of likely N-dealkylation sites (N-methyl/N-ethyl adjacent to an activating group) is 1. The van der Waals surface area contributed by atoms with Crippen LogP contribution in [-0.4, -0.2) is 59.9 Å². The number of ether oxygens (including phenoxy) is 1. The average molecular weight is 536 g/mol. The summed E-state index contributed by atoms with van der Waals surface area (Å²) in [6, 6.07) is 12.8. The molecule has 0 aliphatic carbocycles. The van der Waals surface area contributed by atoms with Gasteiger partial charge in [-0.1, -0.05) is 31.2 Å². The number of primary amides is 1. The molecule has 2 heterocycles. The number of nitrogens with one attached hydrogen (secondary N) is 2. The molecule has 2 amide bonds. The third-order valence-corrected chi connectivity index (χ3v) is 6.50. The first-order valence-electron chi connectivity index (χ1n) is 12.2. The van der Waals surface area contributed by atoms with Gasteiger partial charge in [0.2, 0.25) is 11.8 Å². The van der Waals surface area contributed by atoms with E-state index in [1.807, 2.05) is 31.2 Å². The highest BCUT2D eigenvalue weighted by atomic mass is 35.5. The molecule has 10 nitrogen and oxygen atoms in total. The van der Waals surface area contributed by atoms with E-state index in [1.54, 1.807) is 18.2 Å². The molecule has 1 aliphatic rings. The number of anilines is 4. The van der Waals surface area contributed by atoms with Gasteiger partial charge >= 0.3 is 0 Å². The number of hydrogen-bond donors (Lipinski definition) is 3. The third-order valence-electron chi connectivity index (χ3n) is 6.11. The molecule has 2 aromatic carbocycles. The lowest BCUT2D eigenvalue weighted by molar-refractivity contribution is -0.111. The number of nitrogens with two attached hydrogens (primary N) is 1. The van der Waals surface area contributed by atoms with Crippen molar-refractivity contribution in [3.8, 4) is 11.6 Å². The Kier molecular flexibility index (Phi) is 8.45. The zero-order valence-electron chi connectivity index (χ0n) is 21.3. The molecule has 4 N–H and O–H groups in total. The normalized spacial score (nSPS) is 13.6. The first kappa shape index (κ1) is 26.9. The van der Waals surface area contributed by atoms with Gasteiger partial charge in [-0.05, 0) is 55.9 Å². The van der Waals surface area contributed by atoms with E-state index in [0.29, 0.717) is 23.5 Å². The van der Waals surface area contributed by atoms with Crippen LogP contribution in [0.15, 0.2) is 55.1 Å². The fourth-order valence-electron chi connectivity index (χ4n) is 3.96. The molecule has 1 aromatic heterocycles. The van der Waals surface area contributed by atoms with Crippen molar-refractivity contribution in [2.75, 3.05) is 48.8 Å². The van der Waals surface area contributed by atoms with E-state index in [0.717, 1.165) is 37.9 Å². The van der Waals surface area contributed by atoms with Crippen LogP contribution in [0, 0.1) is 0 Å². The van der Waals surface area contributed by atoms with E-state index in [9.17, 15) is 9.59 Å². The number of carbonyl (C=O) groups excluding carboxylic acids is 2. The molecule has 0 saturated carbocycles. The molecule has 0 atom stereocenters. The van der Waals surface area contributed by atoms with Crippen molar-refractivity contribution in [2.45, 2.75) is 13.3 Å². The molecule has 0 radical (unpaired) electrons. The van der Waals surface area contributed by atoms with Gasteiger partial charge in [0.05, 0.1) is 5.69 Å². The molecular formula is C27H30ClN7O3.